The summed E-state index contributed by atoms with van der Waals surface area (Å²) in [6, 6.07) is 6.97. The van der Waals surface area contributed by atoms with Gasteiger partial charge in [0.25, 0.3) is 11.8 Å². The minimum absolute atomic E-state index is 0.223. The molecule has 3 aliphatic rings. The van der Waals surface area contributed by atoms with Crippen molar-refractivity contribution in [2.45, 2.75) is 19.8 Å². The maximum Gasteiger partial charge on any atom is 0.261 e. The van der Waals surface area contributed by atoms with E-state index in [1.807, 2.05) is 6.92 Å². The summed E-state index contributed by atoms with van der Waals surface area (Å²) in [7, 11) is 0. The Labute approximate surface area is 159 Å². The second-order valence-electron chi connectivity index (χ2n) is 7.52. The van der Waals surface area contributed by atoms with Gasteiger partial charge in [-0.15, -0.1) is 0 Å². The Kier molecular flexibility index (Phi) is 4.86. The highest BCUT2D eigenvalue weighted by Gasteiger charge is 2.42. The summed E-state index contributed by atoms with van der Waals surface area (Å²) in [5, 5.41) is 3.34. The minimum atomic E-state index is -0.223. The van der Waals surface area contributed by atoms with Gasteiger partial charge in [0.2, 0.25) is 0 Å². The average molecular weight is 370 g/mol. The molecule has 27 heavy (non-hydrogen) atoms. The van der Waals surface area contributed by atoms with Gasteiger partial charge in [-0.05, 0) is 31.9 Å². The van der Waals surface area contributed by atoms with Gasteiger partial charge in [-0.25, -0.2) is 0 Å². The number of likely N-dealkylation sites (tertiary alicyclic amines) is 1. The van der Waals surface area contributed by atoms with Gasteiger partial charge in [0.15, 0.2) is 5.96 Å². The summed E-state index contributed by atoms with van der Waals surface area (Å²) in [6.07, 6.45) is 2.23. The predicted molar refractivity (Wildman–Crippen MR) is 102 cm³/mol. The highest BCUT2D eigenvalue weighted by Crippen LogP contribution is 2.38. The molecule has 7 nitrogen and oxygen atoms in total. The number of imide groups is 1. The third-order valence-corrected chi connectivity index (χ3v) is 5.72. The number of amides is 2. The summed E-state index contributed by atoms with van der Waals surface area (Å²) in [4.78, 5) is 33.2. The lowest BCUT2D eigenvalue weighted by molar-refractivity contribution is 0.0659. The van der Waals surface area contributed by atoms with Gasteiger partial charge < -0.3 is 15.0 Å². The zero-order valence-electron chi connectivity index (χ0n) is 15.7. The number of nitrogens with zero attached hydrogens (tertiary/aromatic N) is 3. The number of aliphatic imine (C=N–C) groups is 1. The molecule has 0 saturated carbocycles. The number of carbonyl (C=O) groups is 2. The van der Waals surface area contributed by atoms with E-state index >= 15 is 0 Å². The number of fused-ring (bicyclic) bond motifs is 1. The SMILES string of the molecule is CCNC(=NCCN1C(=O)c2ccccc2C1=O)N1CCC2(CCOC2)C1. The molecule has 1 spiro atoms. The van der Waals surface area contributed by atoms with E-state index in [2.05, 4.69) is 15.2 Å². The van der Waals surface area contributed by atoms with Crippen molar-refractivity contribution in [3.05, 3.63) is 35.4 Å². The lowest BCUT2D eigenvalue weighted by Gasteiger charge is -2.25. The van der Waals surface area contributed by atoms with Crippen molar-refractivity contribution in [1.82, 2.24) is 15.1 Å². The number of ether oxygens (including phenoxy) is 1. The fraction of sp³-hybridized carbons (Fsp3) is 0.550. The monoisotopic (exact) mass is 370 g/mol. The van der Waals surface area contributed by atoms with Gasteiger partial charge in [-0.2, -0.15) is 0 Å². The molecule has 0 radical (unpaired) electrons. The molecule has 1 atom stereocenters. The van der Waals surface area contributed by atoms with Crippen LogP contribution in [0, 0.1) is 5.41 Å². The fourth-order valence-corrected chi connectivity index (χ4v) is 4.21. The van der Waals surface area contributed by atoms with Crippen molar-refractivity contribution >= 4 is 17.8 Å². The largest absolute Gasteiger partial charge is 0.381 e. The lowest BCUT2D eigenvalue weighted by atomic mass is 9.87. The molecule has 0 aliphatic carbocycles. The molecule has 2 fully saturated rings. The van der Waals surface area contributed by atoms with Gasteiger partial charge in [0.1, 0.15) is 0 Å². The van der Waals surface area contributed by atoms with Crippen LogP contribution < -0.4 is 5.32 Å². The van der Waals surface area contributed by atoms with E-state index in [4.69, 9.17) is 4.74 Å². The van der Waals surface area contributed by atoms with Crippen molar-refractivity contribution in [3.63, 3.8) is 0 Å². The molecule has 4 rings (SSSR count). The van der Waals surface area contributed by atoms with Gasteiger partial charge in [-0.1, -0.05) is 12.1 Å². The van der Waals surface area contributed by atoms with Crippen LogP contribution in [0.15, 0.2) is 29.3 Å². The second kappa shape index (κ2) is 7.31. The Hall–Kier alpha value is -2.41. The van der Waals surface area contributed by atoms with Gasteiger partial charge in [0, 0.05) is 38.2 Å². The van der Waals surface area contributed by atoms with Crippen molar-refractivity contribution in [3.8, 4) is 0 Å². The highest BCUT2D eigenvalue weighted by molar-refractivity contribution is 6.21. The van der Waals surface area contributed by atoms with E-state index < -0.39 is 0 Å². The maximum absolute atomic E-state index is 12.5. The van der Waals surface area contributed by atoms with E-state index in [0.29, 0.717) is 24.2 Å². The van der Waals surface area contributed by atoms with Crippen LogP contribution in [0.25, 0.3) is 0 Å². The molecular formula is C20H26N4O3. The van der Waals surface area contributed by atoms with Crippen LogP contribution >= 0.6 is 0 Å². The lowest BCUT2D eigenvalue weighted by Crippen LogP contribution is -2.42. The number of nitrogens with one attached hydrogen (secondary N) is 1. The summed E-state index contributed by atoms with van der Waals surface area (Å²) in [5.41, 5.74) is 1.24. The van der Waals surface area contributed by atoms with Crippen molar-refractivity contribution in [2.24, 2.45) is 10.4 Å². The standard InChI is InChI=1S/C20H26N4O3/c1-2-21-19(23-10-7-20(13-23)8-12-27-14-20)22-9-11-24-17(25)15-5-3-4-6-16(15)18(24)26/h3-6H,2,7-14H2,1H3,(H,21,22). The first-order chi connectivity index (χ1) is 13.1. The summed E-state index contributed by atoms with van der Waals surface area (Å²) >= 11 is 0. The Bertz CT molecular complexity index is 735. The van der Waals surface area contributed by atoms with Crippen LogP contribution in [0.4, 0.5) is 0 Å². The molecule has 3 aliphatic heterocycles. The zero-order chi connectivity index (χ0) is 18.9. The van der Waals surface area contributed by atoms with Crippen LogP contribution in [0.3, 0.4) is 0 Å². The van der Waals surface area contributed by atoms with E-state index in [0.717, 1.165) is 51.6 Å². The van der Waals surface area contributed by atoms with Crippen molar-refractivity contribution < 1.29 is 14.3 Å². The first-order valence-corrected chi connectivity index (χ1v) is 9.70. The second-order valence-corrected chi connectivity index (χ2v) is 7.52. The Morgan fingerprint density at radius 3 is 2.59 bits per heavy atom. The third kappa shape index (κ3) is 3.32. The molecular weight excluding hydrogens is 344 g/mol. The Morgan fingerprint density at radius 1 is 1.22 bits per heavy atom. The average Bonchev–Trinajstić information content (AvgIpc) is 3.38. The molecule has 3 heterocycles. The Morgan fingerprint density at radius 2 is 1.96 bits per heavy atom. The number of carbonyl (C=O) groups excluding carboxylic acids is 2. The fourth-order valence-electron chi connectivity index (χ4n) is 4.21. The van der Waals surface area contributed by atoms with Crippen molar-refractivity contribution in [2.75, 3.05) is 45.9 Å². The molecule has 0 aromatic heterocycles. The smallest absolute Gasteiger partial charge is 0.261 e. The number of guanidine groups is 1. The molecule has 1 unspecified atom stereocenters. The summed E-state index contributed by atoms with van der Waals surface area (Å²) in [5.74, 6) is 0.413. The van der Waals surface area contributed by atoms with Crippen LogP contribution in [0.5, 0.6) is 0 Å². The van der Waals surface area contributed by atoms with Gasteiger partial charge >= 0.3 is 0 Å². The number of hydrogen-bond acceptors (Lipinski definition) is 4. The van der Waals surface area contributed by atoms with Crippen LogP contribution in [-0.4, -0.2) is 73.5 Å². The normalized spacial score (nSPS) is 25.0. The van der Waals surface area contributed by atoms with E-state index in [1.54, 1.807) is 24.3 Å². The van der Waals surface area contributed by atoms with Crippen LogP contribution in [-0.2, 0) is 4.74 Å². The molecule has 1 aromatic rings. The number of hydrogen-bond donors (Lipinski definition) is 1. The maximum atomic E-state index is 12.5. The van der Waals surface area contributed by atoms with Crippen LogP contribution in [0.1, 0.15) is 40.5 Å². The molecule has 0 bridgehead atoms. The van der Waals surface area contributed by atoms with Gasteiger partial charge in [0.05, 0.1) is 24.3 Å². The number of rotatable bonds is 4. The van der Waals surface area contributed by atoms with Crippen LogP contribution in [0.2, 0.25) is 0 Å². The van der Waals surface area contributed by atoms with E-state index in [9.17, 15) is 9.59 Å². The number of benzene rings is 1. The quantitative estimate of drug-likeness (QED) is 0.492. The summed E-state index contributed by atoms with van der Waals surface area (Å²) < 4.78 is 5.60. The summed E-state index contributed by atoms with van der Waals surface area (Å²) in [6.45, 7) is 7.11. The first kappa shape index (κ1) is 18.0. The predicted octanol–water partition coefficient (Wildman–Crippen LogP) is 1.36. The van der Waals surface area contributed by atoms with Gasteiger partial charge in [-0.3, -0.25) is 19.5 Å². The zero-order valence-corrected chi connectivity index (χ0v) is 15.7. The molecule has 144 valence electrons. The molecule has 2 saturated heterocycles. The van der Waals surface area contributed by atoms with E-state index in [1.165, 1.54) is 4.90 Å². The molecule has 7 heteroatoms. The minimum Gasteiger partial charge on any atom is -0.381 e. The topological polar surface area (TPSA) is 74.2 Å². The van der Waals surface area contributed by atoms with E-state index in [-0.39, 0.29) is 17.2 Å². The molecule has 2 amide bonds. The third-order valence-electron chi connectivity index (χ3n) is 5.72. The Balaban J connectivity index is 1.40. The van der Waals surface area contributed by atoms with Crippen molar-refractivity contribution in [1.29, 1.82) is 0 Å². The molecule has 1 aromatic carbocycles. The first-order valence-electron chi connectivity index (χ1n) is 9.70. The highest BCUT2D eigenvalue weighted by atomic mass is 16.5. The molecule has 1 N–H and O–H groups in total.